The molecule has 3 aromatic rings. The third kappa shape index (κ3) is 5.63. The number of fused-ring (bicyclic) bond motifs is 3. The van der Waals surface area contributed by atoms with Gasteiger partial charge in [0.1, 0.15) is 30.3 Å². The van der Waals surface area contributed by atoms with E-state index in [1.54, 1.807) is 4.90 Å². The number of amides is 2. The number of halogens is 1. The first kappa shape index (κ1) is 25.8. The molecule has 0 radical (unpaired) electrons. The van der Waals surface area contributed by atoms with E-state index in [1.807, 2.05) is 25.1 Å². The highest BCUT2D eigenvalue weighted by Crippen LogP contribution is 2.31. The summed E-state index contributed by atoms with van der Waals surface area (Å²) in [6.07, 6.45) is 0.952. The number of nitrogens with two attached hydrogens (primary N) is 1. The third-order valence-electron chi connectivity index (χ3n) is 5.58. The number of anilines is 1. The Labute approximate surface area is 205 Å². The molecule has 1 saturated heterocycles. The lowest BCUT2D eigenvalue weighted by Crippen LogP contribution is -2.47. The number of imidazole rings is 1. The van der Waals surface area contributed by atoms with E-state index >= 15 is 0 Å². The van der Waals surface area contributed by atoms with Gasteiger partial charge in [0.25, 0.3) is 0 Å². The maximum atomic E-state index is 12.2. The number of carbonyl (C=O) groups excluding carboxylic acids is 1. The van der Waals surface area contributed by atoms with Gasteiger partial charge in [-0.25, -0.2) is 14.8 Å². The monoisotopic (exact) mass is 492 g/mol. The molecule has 2 amide bonds. The van der Waals surface area contributed by atoms with Crippen LogP contribution in [0.5, 0.6) is 5.75 Å². The molecule has 0 spiro atoms. The SMILES string of the molecule is CCCn1c(COCC)nc2c(N)nc3ccc(OCCNC(=O)N4CCOCC4)cc3c21.Cl. The molecule has 0 unspecified atom stereocenters. The molecule has 11 heteroatoms. The zero-order chi connectivity index (χ0) is 23.2. The second-order valence-electron chi connectivity index (χ2n) is 7.87. The summed E-state index contributed by atoms with van der Waals surface area (Å²) in [5.41, 5.74) is 8.66. The van der Waals surface area contributed by atoms with Crippen molar-refractivity contribution in [1.82, 2.24) is 24.8 Å². The topological polar surface area (TPSA) is 117 Å². The highest BCUT2D eigenvalue weighted by Gasteiger charge is 2.18. The van der Waals surface area contributed by atoms with Gasteiger partial charge in [-0.1, -0.05) is 6.92 Å². The van der Waals surface area contributed by atoms with Crippen LogP contribution in [0.4, 0.5) is 10.6 Å². The molecule has 0 aliphatic carbocycles. The van der Waals surface area contributed by atoms with Crippen LogP contribution in [-0.2, 0) is 22.6 Å². The summed E-state index contributed by atoms with van der Waals surface area (Å²) >= 11 is 0. The van der Waals surface area contributed by atoms with Crippen LogP contribution in [0.25, 0.3) is 21.9 Å². The molecule has 2 aromatic heterocycles. The number of hydrogen-bond acceptors (Lipinski definition) is 7. The highest BCUT2D eigenvalue weighted by atomic mass is 35.5. The molecule has 34 heavy (non-hydrogen) atoms. The maximum Gasteiger partial charge on any atom is 0.317 e. The average molecular weight is 493 g/mol. The van der Waals surface area contributed by atoms with Crippen molar-refractivity contribution >= 4 is 46.2 Å². The minimum Gasteiger partial charge on any atom is -0.492 e. The van der Waals surface area contributed by atoms with Gasteiger partial charge in [0.05, 0.1) is 30.8 Å². The molecule has 1 aromatic carbocycles. The number of rotatable bonds is 9. The van der Waals surface area contributed by atoms with Crippen LogP contribution in [0.2, 0.25) is 0 Å². The lowest BCUT2D eigenvalue weighted by Gasteiger charge is -2.26. The van der Waals surface area contributed by atoms with Gasteiger partial charge in [-0.3, -0.25) is 0 Å². The minimum absolute atomic E-state index is 0. The number of pyridine rings is 1. The predicted octanol–water partition coefficient (Wildman–Crippen LogP) is 2.96. The predicted molar refractivity (Wildman–Crippen MR) is 134 cm³/mol. The van der Waals surface area contributed by atoms with Gasteiger partial charge in [-0.05, 0) is 31.5 Å². The van der Waals surface area contributed by atoms with Crippen LogP contribution >= 0.6 is 12.4 Å². The summed E-state index contributed by atoms with van der Waals surface area (Å²) in [7, 11) is 0. The number of morpholine rings is 1. The number of aromatic nitrogens is 3. The fourth-order valence-electron chi connectivity index (χ4n) is 4.00. The molecule has 0 saturated carbocycles. The van der Waals surface area contributed by atoms with Crippen molar-refractivity contribution in [2.24, 2.45) is 0 Å². The molecule has 0 atom stereocenters. The Kier molecular flexibility index (Phi) is 9.14. The zero-order valence-electron chi connectivity index (χ0n) is 19.7. The summed E-state index contributed by atoms with van der Waals surface area (Å²) < 4.78 is 19.0. The molecule has 186 valence electrons. The number of nitrogen functional groups attached to an aromatic ring is 1. The van der Waals surface area contributed by atoms with Gasteiger partial charge in [0.15, 0.2) is 5.82 Å². The molecule has 3 heterocycles. The second-order valence-corrected chi connectivity index (χ2v) is 7.87. The van der Waals surface area contributed by atoms with E-state index in [2.05, 4.69) is 21.8 Å². The Balaban J connectivity index is 0.00000324. The standard InChI is InChI=1S/C23H32N6O4.ClH/c1-3-8-29-19(15-31-4-2)27-20-21(29)17-14-16(5-6-18(17)26-22(20)24)33-11-7-25-23(30)28-9-12-32-13-10-28;/h5-6,14H,3-4,7-13,15H2,1-2H3,(H2,24,26)(H,25,30);1H. The molecule has 1 aliphatic heterocycles. The van der Waals surface area contributed by atoms with E-state index in [0.29, 0.717) is 69.8 Å². The Morgan fingerprint density at radius 1 is 1.24 bits per heavy atom. The zero-order valence-corrected chi connectivity index (χ0v) is 20.5. The quantitative estimate of drug-likeness (QED) is 0.441. The summed E-state index contributed by atoms with van der Waals surface area (Å²) in [4.78, 5) is 23.2. The number of benzene rings is 1. The number of hydrogen-bond donors (Lipinski definition) is 2. The van der Waals surface area contributed by atoms with E-state index in [4.69, 9.17) is 24.9 Å². The molecule has 1 fully saturated rings. The first-order valence-electron chi connectivity index (χ1n) is 11.5. The second kappa shape index (κ2) is 12.0. The minimum atomic E-state index is -0.0907. The van der Waals surface area contributed by atoms with E-state index < -0.39 is 0 Å². The molecular formula is C23H33ClN6O4. The van der Waals surface area contributed by atoms with E-state index in [-0.39, 0.29) is 18.4 Å². The van der Waals surface area contributed by atoms with Crippen LogP contribution in [0.3, 0.4) is 0 Å². The van der Waals surface area contributed by atoms with Crippen molar-refractivity contribution in [1.29, 1.82) is 0 Å². The van der Waals surface area contributed by atoms with Crippen molar-refractivity contribution in [2.45, 2.75) is 33.4 Å². The fourth-order valence-corrected chi connectivity index (χ4v) is 4.00. The molecule has 4 rings (SSSR count). The maximum absolute atomic E-state index is 12.2. The van der Waals surface area contributed by atoms with Crippen LogP contribution in [0, 0.1) is 0 Å². The van der Waals surface area contributed by atoms with Crippen LogP contribution in [-0.4, -0.2) is 71.5 Å². The van der Waals surface area contributed by atoms with Crippen molar-refractivity contribution in [3.63, 3.8) is 0 Å². The number of aryl methyl sites for hydroxylation is 1. The van der Waals surface area contributed by atoms with Gasteiger partial charge in [0.2, 0.25) is 0 Å². The third-order valence-corrected chi connectivity index (χ3v) is 5.58. The normalized spacial score (nSPS) is 13.8. The first-order valence-corrected chi connectivity index (χ1v) is 11.5. The molecule has 1 aliphatic rings. The number of ether oxygens (including phenoxy) is 3. The van der Waals surface area contributed by atoms with Crippen LogP contribution < -0.4 is 15.8 Å². The Morgan fingerprint density at radius 2 is 2.03 bits per heavy atom. The van der Waals surface area contributed by atoms with Gasteiger partial charge in [-0.15, -0.1) is 12.4 Å². The first-order chi connectivity index (χ1) is 16.1. The smallest absolute Gasteiger partial charge is 0.317 e. The fraction of sp³-hybridized carbons (Fsp3) is 0.522. The molecular weight excluding hydrogens is 460 g/mol. The Hall–Kier alpha value is -2.82. The lowest BCUT2D eigenvalue weighted by atomic mass is 10.1. The largest absolute Gasteiger partial charge is 0.492 e. The molecule has 3 N–H and O–H groups in total. The van der Waals surface area contributed by atoms with Crippen LogP contribution in [0.1, 0.15) is 26.1 Å². The van der Waals surface area contributed by atoms with E-state index in [9.17, 15) is 4.79 Å². The summed E-state index contributed by atoms with van der Waals surface area (Å²) in [5, 5.41) is 3.82. The lowest BCUT2D eigenvalue weighted by molar-refractivity contribution is 0.0530. The Bertz CT molecular complexity index is 1120. The Morgan fingerprint density at radius 3 is 2.76 bits per heavy atom. The van der Waals surface area contributed by atoms with Crippen molar-refractivity contribution in [3.8, 4) is 5.75 Å². The van der Waals surface area contributed by atoms with Gasteiger partial charge in [0, 0.05) is 31.6 Å². The van der Waals surface area contributed by atoms with Gasteiger partial charge < -0.3 is 34.7 Å². The highest BCUT2D eigenvalue weighted by molar-refractivity contribution is 6.07. The van der Waals surface area contributed by atoms with Gasteiger partial charge >= 0.3 is 6.03 Å². The number of nitrogens with one attached hydrogen (secondary N) is 1. The number of nitrogens with zero attached hydrogens (tertiary/aromatic N) is 4. The van der Waals surface area contributed by atoms with Gasteiger partial charge in [-0.2, -0.15) is 0 Å². The van der Waals surface area contributed by atoms with Crippen molar-refractivity contribution in [3.05, 3.63) is 24.0 Å². The van der Waals surface area contributed by atoms with E-state index in [1.165, 1.54) is 0 Å². The number of carbonyl (C=O) groups is 1. The molecule has 10 nitrogen and oxygen atoms in total. The molecule has 0 bridgehead atoms. The average Bonchev–Trinajstić information content (AvgIpc) is 3.20. The summed E-state index contributed by atoms with van der Waals surface area (Å²) in [5.74, 6) is 1.95. The van der Waals surface area contributed by atoms with Crippen LogP contribution in [0.15, 0.2) is 18.2 Å². The van der Waals surface area contributed by atoms with E-state index in [0.717, 1.165) is 35.2 Å². The summed E-state index contributed by atoms with van der Waals surface area (Å²) in [6.45, 7) is 9.08. The van der Waals surface area contributed by atoms with Crippen molar-refractivity contribution in [2.75, 3.05) is 51.8 Å². The number of urea groups is 1. The van der Waals surface area contributed by atoms with Crippen molar-refractivity contribution < 1.29 is 19.0 Å². The summed E-state index contributed by atoms with van der Waals surface area (Å²) in [6, 6.07) is 5.64.